The monoisotopic (exact) mass is 240 g/mol. The van der Waals surface area contributed by atoms with Crippen LogP contribution in [0.25, 0.3) is 0 Å². The first-order valence-electron chi connectivity index (χ1n) is 3.48. The lowest BCUT2D eigenvalue weighted by Gasteiger charge is -2.05. The molecule has 78 valence electrons. The van der Waals surface area contributed by atoms with E-state index in [4.69, 9.17) is 26.3 Å². The van der Waals surface area contributed by atoms with Gasteiger partial charge in [0.05, 0.1) is 0 Å². The molecule has 0 bridgehead atoms. The molecule has 1 aromatic heterocycles. The van der Waals surface area contributed by atoms with Gasteiger partial charge in [-0.2, -0.15) is 19.8 Å². The molecule has 1 aromatic rings. The van der Waals surface area contributed by atoms with Crippen molar-refractivity contribution in [1.29, 1.82) is 0 Å². The van der Waals surface area contributed by atoms with Crippen LogP contribution in [0.15, 0.2) is 6.33 Å². The number of rotatable bonds is 4. The number of hydrogen-bond acceptors (Lipinski definition) is 6. The fourth-order valence-corrected chi connectivity index (χ4v) is 1.67. The van der Waals surface area contributed by atoms with Crippen molar-refractivity contribution in [2.45, 2.75) is 5.38 Å². The van der Waals surface area contributed by atoms with Crippen molar-refractivity contribution in [2.75, 3.05) is 6.16 Å². The maximum Gasteiger partial charge on any atom is 0.411 e. The molecule has 14 heavy (non-hydrogen) atoms. The lowest BCUT2D eigenvalue weighted by Crippen LogP contribution is -2.15. The highest BCUT2D eigenvalue weighted by atomic mass is 35.5. The zero-order chi connectivity index (χ0) is 10.8. The van der Waals surface area contributed by atoms with Crippen LogP contribution < -0.4 is 0 Å². The van der Waals surface area contributed by atoms with E-state index in [0.717, 1.165) is 6.33 Å². The number of H-pyrrole nitrogens is 1. The highest BCUT2D eigenvalue weighted by Crippen LogP contribution is 2.45. The van der Waals surface area contributed by atoms with E-state index in [-0.39, 0.29) is 5.82 Å². The van der Waals surface area contributed by atoms with Gasteiger partial charge < -0.3 is 0 Å². The number of halogens is 1. The first-order chi connectivity index (χ1) is 6.40. The van der Waals surface area contributed by atoms with Gasteiger partial charge in [0.15, 0.2) is 11.5 Å². The summed E-state index contributed by atoms with van der Waals surface area (Å²) < 4.78 is 0. The van der Waals surface area contributed by atoms with Gasteiger partial charge in [-0.15, -0.1) is 11.6 Å². The number of nitrogens with zero attached hydrogens (tertiary/aromatic N) is 2. The molecule has 0 saturated carbocycles. The summed E-state index contributed by atoms with van der Waals surface area (Å²) in [6, 6.07) is 0. The SMILES string of the molecule is O=C(C[P+](O)(O)O)C(Cl)c1ncn[nH]1. The fraction of sp³-hybridized carbons (Fsp3) is 0.400. The van der Waals surface area contributed by atoms with Crippen molar-refractivity contribution >= 4 is 25.3 Å². The predicted molar refractivity (Wildman–Crippen MR) is 48.4 cm³/mol. The smallest absolute Gasteiger partial charge is 0.293 e. The van der Waals surface area contributed by atoms with Crippen molar-refractivity contribution in [1.82, 2.24) is 15.2 Å². The minimum absolute atomic E-state index is 0.102. The van der Waals surface area contributed by atoms with E-state index in [1.54, 1.807) is 0 Å². The fourth-order valence-electron chi connectivity index (χ4n) is 0.779. The Morgan fingerprint density at radius 1 is 1.64 bits per heavy atom. The largest absolute Gasteiger partial charge is 0.411 e. The molecule has 0 radical (unpaired) electrons. The topological polar surface area (TPSA) is 119 Å². The lowest BCUT2D eigenvalue weighted by atomic mass is 10.3. The normalized spacial score (nSPS) is 14.0. The number of alkyl halides is 1. The maximum absolute atomic E-state index is 11.2. The molecule has 0 spiro atoms. The molecule has 0 aliphatic carbocycles. The Kier molecular flexibility index (Phi) is 3.52. The van der Waals surface area contributed by atoms with E-state index in [2.05, 4.69) is 15.2 Å². The molecule has 0 aliphatic heterocycles. The number of Topliss-reactive ketones (excluding diaryl/α,β-unsaturated/α-hetero) is 1. The van der Waals surface area contributed by atoms with Crippen LogP contribution in [0.3, 0.4) is 0 Å². The van der Waals surface area contributed by atoms with Crippen molar-refractivity contribution < 1.29 is 19.5 Å². The summed E-state index contributed by atoms with van der Waals surface area (Å²) in [7, 11) is -4.12. The van der Waals surface area contributed by atoms with Gasteiger partial charge in [0.2, 0.25) is 5.78 Å². The second-order valence-electron chi connectivity index (χ2n) is 2.55. The van der Waals surface area contributed by atoms with Gasteiger partial charge in [0.1, 0.15) is 12.2 Å². The van der Waals surface area contributed by atoms with Crippen LogP contribution >= 0.6 is 19.5 Å². The standard InChI is InChI=1S/C5H8ClN3O4P/c6-4(5-7-2-8-9-5)3(10)1-14(11,12)13/h2,4,11-13H,1H2,(H,7,8,9)/q+1. The van der Waals surface area contributed by atoms with Crippen LogP contribution in [0.4, 0.5) is 0 Å². The summed E-state index contributed by atoms with van der Waals surface area (Å²) >= 11 is 5.61. The summed E-state index contributed by atoms with van der Waals surface area (Å²) in [4.78, 5) is 40.7. The van der Waals surface area contributed by atoms with Gasteiger partial charge in [-0.05, 0) is 0 Å². The van der Waals surface area contributed by atoms with Crippen molar-refractivity contribution in [3.05, 3.63) is 12.2 Å². The number of aromatic nitrogens is 3. The maximum atomic E-state index is 11.2. The minimum Gasteiger partial charge on any atom is -0.293 e. The Hall–Kier alpha value is -0.590. The highest BCUT2D eigenvalue weighted by Gasteiger charge is 2.37. The summed E-state index contributed by atoms with van der Waals surface area (Å²) in [5, 5.41) is 4.66. The number of nitrogens with one attached hydrogen (secondary N) is 1. The number of ketones is 1. The highest BCUT2D eigenvalue weighted by molar-refractivity contribution is 7.59. The molecule has 0 amide bonds. The van der Waals surface area contributed by atoms with Gasteiger partial charge in [-0.1, -0.05) is 0 Å². The lowest BCUT2D eigenvalue weighted by molar-refractivity contribution is -0.116. The van der Waals surface area contributed by atoms with Crippen LogP contribution in [0.1, 0.15) is 11.2 Å². The van der Waals surface area contributed by atoms with Crippen molar-refractivity contribution in [2.24, 2.45) is 0 Å². The Morgan fingerprint density at radius 2 is 2.29 bits per heavy atom. The van der Waals surface area contributed by atoms with E-state index in [1.165, 1.54) is 0 Å². The second kappa shape index (κ2) is 4.29. The third-order valence-electron chi connectivity index (χ3n) is 1.32. The van der Waals surface area contributed by atoms with Gasteiger partial charge in [0, 0.05) is 0 Å². The number of carbonyl (C=O) groups is 1. The molecule has 0 aromatic carbocycles. The molecule has 1 heterocycles. The quantitative estimate of drug-likeness (QED) is 0.412. The van der Waals surface area contributed by atoms with Gasteiger partial charge in [-0.3, -0.25) is 9.89 Å². The third kappa shape index (κ3) is 3.28. The predicted octanol–water partition coefficient (Wildman–Crippen LogP) is -0.607. The van der Waals surface area contributed by atoms with Crippen molar-refractivity contribution in [3.8, 4) is 0 Å². The first-order valence-corrected chi connectivity index (χ1v) is 5.75. The molecular formula is C5H8ClN3O4P+. The molecule has 1 rings (SSSR count). The molecule has 1 atom stereocenters. The third-order valence-corrected chi connectivity index (χ3v) is 2.51. The van der Waals surface area contributed by atoms with Crippen LogP contribution in [0.5, 0.6) is 0 Å². The summed E-state index contributed by atoms with van der Waals surface area (Å²) in [6.07, 6.45) is 0.374. The Balaban J connectivity index is 2.63. The van der Waals surface area contributed by atoms with E-state index >= 15 is 0 Å². The van der Waals surface area contributed by atoms with E-state index in [0.29, 0.717) is 0 Å². The van der Waals surface area contributed by atoms with E-state index in [1.807, 2.05) is 0 Å². The van der Waals surface area contributed by atoms with Gasteiger partial charge >= 0.3 is 7.94 Å². The van der Waals surface area contributed by atoms with Gasteiger partial charge in [-0.25, -0.2) is 4.98 Å². The van der Waals surface area contributed by atoms with E-state index < -0.39 is 25.3 Å². The molecule has 0 saturated heterocycles. The molecular weight excluding hydrogens is 232 g/mol. The number of carbonyl (C=O) groups excluding carboxylic acids is 1. The number of aromatic amines is 1. The van der Waals surface area contributed by atoms with Crippen LogP contribution in [-0.4, -0.2) is 41.8 Å². The zero-order valence-electron chi connectivity index (χ0n) is 6.83. The summed E-state index contributed by atoms with van der Waals surface area (Å²) in [5.41, 5.74) is 0. The molecule has 1 unspecified atom stereocenters. The Labute approximate surface area is 84.3 Å². The first kappa shape index (κ1) is 11.5. The molecule has 7 nitrogen and oxygen atoms in total. The minimum atomic E-state index is -4.12. The second-order valence-corrected chi connectivity index (χ2v) is 4.69. The van der Waals surface area contributed by atoms with Crippen LogP contribution in [-0.2, 0) is 4.79 Å². The van der Waals surface area contributed by atoms with Crippen LogP contribution in [0.2, 0.25) is 0 Å². The van der Waals surface area contributed by atoms with E-state index in [9.17, 15) is 4.79 Å². The zero-order valence-corrected chi connectivity index (χ0v) is 8.48. The Bertz CT molecular complexity index is 311. The average Bonchev–Trinajstić information content (AvgIpc) is 2.51. The molecule has 4 N–H and O–H groups in total. The Morgan fingerprint density at radius 3 is 2.71 bits per heavy atom. The van der Waals surface area contributed by atoms with Crippen molar-refractivity contribution in [3.63, 3.8) is 0 Å². The average molecular weight is 241 g/mol. The molecule has 9 heteroatoms. The molecule has 0 aliphatic rings. The number of hydrogen-bond donors (Lipinski definition) is 4. The van der Waals surface area contributed by atoms with Crippen LogP contribution in [0, 0.1) is 0 Å². The summed E-state index contributed by atoms with van der Waals surface area (Å²) in [6.45, 7) is 0. The summed E-state index contributed by atoms with van der Waals surface area (Å²) in [5.74, 6) is -0.630. The molecule has 0 fully saturated rings. The van der Waals surface area contributed by atoms with Gasteiger partial charge in [0.25, 0.3) is 0 Å².